The fourth-order valence-electron chi connectivity index (χ4n) is 12.6. The van der Waals surface area contributed by atoms with Gasteiger partial charge in [-0.05, 0) is 78.9 Å². The molecule has 4 aromatic carbocycles. The topological polar surface area (TPSA) is 89.0 Å². The summed E-state index contributed by atoms with van der Waals surface area (Å²) in [6.45, 7) is 11.7. The molecular formula is C78H126N2O6. The monoisotopic (exact) mass is 1190 g/mol. The Labute approximate surface area is 525 Å². The highest BCUT2D eigenvalue weighted by molar-refractivity contribution is 6.25. The molecule has 0 aliphatic carbocycles. The summed E-state index contributed by atoms with van der Waals surface area (Å²) >= 11 is 0. The number of hydrogen-bond acceptors (Lipinski definition) is 8. The first kappa shape index (κ1) is 72.4. The zero-order valence-electron chi connectivity index (χ0n) is 56.2. The van der Waals surface area contributed by atoms with Crippen molar-refractivity contribution in [2.75, 3.05) is 33.5 Å². The Balaban J connectivity index is 1.41. The third-order valence-corrected chi connectivity index (χ3v) is 18.1. The van der Waals surface area contributed by atoms with E-state index in [0.29, 0.717) is 43.0 Å². The van der Waals surface area contributed by atoms with Crippen LogP contribution < -0.4 is 18.9 Å². The zero-order chi connectivity index (χ0) is 60.8. The summed E-state index contributed by atoms with van der Waals surface area (Å²) in [5.74, 6) is 2.66. The van der Waals surface area contributed by atoms with Gasteiger partial charge in [0.1, 0.15) is 0 Å². The van der Waals surface area contributed by atoms with E-state index >= 15 is 0 Å². The quantitative estimate of drug-likeness (QED) is 0.0165. The minimum Gasteiger partial charge on any atom is -0.490 e. The Morgan fingerprint density at radius 3 is 0.779 bits per heavy atom. The summed E-state index contributed by atoms with van der Waals surface area (Å²) in [6, 6.07) is 14.2. The highest BCUT2D eigenvalue weighted by Crippen LogP contribution is 2.44. The molecular weight excluding hydrogens is 1060 g/mol. The minimum absolute atomic E-state index is 0.397. The maximum Gasteiger partial charge on any atom is 0.337 e. The molecule has 0 atom stereocenters. The second-order valence-corrected chi connectivity index (χ2v) is 25.8. The van der Waals surface area contributed by atoms with E-state index in [1.165, 1.54) is 264 Å². The number of ether oxygens (including phenoxy) is 5. The van der Waals surface area contributed by atoms with Crippen molar-refractivity contribution in [3.8, 4) is 23.0 Å². The number of unbranched alkanes of at least 4 members (excludes halogenated alkanes) is 44. The maximum atomic E-state index is 12.9. The second-order valence-electron chi connectivity index (χ2n) is 25.8. The Bertz CT molecular complexity index is 2520. The summed E-state index contributed by atoms with van der Waals surface area (Å²) in [7, 11) is 1.42. The van der Waals surface area contributed by atoms with Gasteiger partial charge in [0, 0.05) is 10.8 Å². The first-order chi connectivity index (χ1) is 42.5. The summed E-state index contributed by atoms with van der Waals surface area (Å²) in [4.78, 5) is 23.6. The average molecular weight is 1190 g/mol. The normalized spacial score (nSPS) is 11.7. The molecule has 0 unspecified atom stereocenters. The molecule has 86 heavy (non-hydrogen) atoms. The van der Waals surface area contributed by atoms with Crippen molar-refractivity contribution in [3.63, 3.8) is 0 Å². The van der Waals surface area contributed by atoms with Crippen molar-refractivity contribution < 1.29 is 28.5 Å². The summed E-state index contributed by atoms with van der Waals surface area (Å²) in [5.41, 5.74) is 3.33. The van der Waals surface area contributed by atoms with Crippen LogP contribution in [0.1, 0.15) is 346 Å². The van der Waals surface area contributed by atoms with Gasteiger partial charge in [-0.15, -0.1) is 0 Å². The van der Waals surface area contributed by atoms with E-state index in [9.17, 15) is 4.79 Å². The smallest absolute Gasteiger partial charge is 0.337 e. The molecule has 5 aromatic rings. The van der Waals surface area contributed by atoms with Crippen molar-refractivity contribution in [2.45, 2.75) is 336 Å². The molecule has 0 saturated heterocycles. The molecule has 0 radical (unpaired) electrons. The Kier molecular flexibility index (Phi) is 40.1. The van der Waals surface area contributed by atoms with E-state index in [2.05, 4.69) is 52.0 Å². The predicted molar refractivity (Wildman–Crippen MR) is 370 cm³/mol. The Morgan fingerprint density at radius 2 is 0.523 bits per heavy atom. The molecule has 0 aliphatic rings. The van der Waals surface area contributed by atoms with Crippen molar-refractivity contribution >= 4 is 49.6 Å². The number of benzene rings is 4. The molecule has 1 heterocycles. The fraction of sp³-hybridized carbons (Fsp3) is 0.731. The molecule has 5 rings (SSSR count). The van der Waals surface area contributed by atoms with Gasteiger partial charge in [-0.3, -0.25) is 0 Å². The van der Waals surface area contributed by atoms with Crippen molar-refractivity contribution in [2.24, 2.45) is 0 Å². The van der Waals surface area contributed by atoms with Gasteiger partial charge in [-0.1, -0.05) is 310 Å². The van der Waals surface area contributed by atoms with Crippen molar-refractivity contribution in [3.05, 3.63) is 48.0 Å². The van der Waals surface area contributed by atoms with E-state index in [-0.39, 0.29) is 0 Å². The van der Waals surface area contributed by atoms with Crippen LogP contribution in [0.25, 0.3) is 43.6 Å². The first-order valence-corrected chi connectivity index (χ1v) is 36.8. The number of esters is 1. The average Bonchev–Trinajstić information content (AvgIpc) is 0.754. The molecule has 0 bridgehead atoms. The molecule has 0 fully saturated rings. The first-order valence-electron chi connectivity index (χ1n) is 36.8. The molecule has 1 aromatic heterocycles. The third-order valence-electron chi connectivity index (χ3n) is 18.1. The lowest BCUT2D eigenvalue weighted by Crippen LogP contribution is -2.05. The number of hydrogen-bond donors (Lipinski definition) is 0. The molecule has 8 heteroatoms. The molecule has 0 aliphatic heterocycles. The summed E-state index contributed by atoms with van der Waals surface area (Å²) in [6.07, 6.45) is 62.4. The van der Waals surface area contributed by atoms with Crippen LogP contribution in [0.3, 0.4) is 0 Å². The maximum absolute atomic E-state index is 12.9. The van der Waals surface area contributed by atoms with Crippen LogP contribution in [0, 0.1) is 0 Å². The van der Waals surface area contributed by atoms with E-state index < -0.39 is 5.97 Å². The number of methoxy groups -OCH3 is 1. The lowest BCUT2D eigenvalue weighted by molar-refractivity contribution is 0.0601. The second kappa shape index (κ2) is 47.6. The van der Waals surface area contributed by atoms with Gasteiger partial charge in [0.2, 0.25) is 0 Å². The van der Waals surface area contributed by atoms with Gasteiger partial charge in [-0.25, -0.2) is 14.8 Å². The zero-order valence-corrected chi connectivity index (χ0v) is 56.2. The van der Waals surface area contributed by atoms with E-state index in [1.54, 1.807) is 12.1 Å². The van der Waals surface area contributed by atoms with Crippen molar-refractivity contribution in [1.29, 1.82) is 0 Å². The highest BCUT2D eigenvalue weighted by atomic mass is 16.5. The molecule has 484 valence electrons. The van der Waals surface area contributed by atoms with Crippen molar-refractivity contribution in [1.82, 2.24) is 9.97 Å². The predicted octanol–water partition coefficient (Wildman–Crippen LogP) is 25.2. The van der Waals surface area contributed by atoms with Crippen LogP contribution >= 0.6 is 0 Å². The molecule has 0 amide bonds. The Morgan fingerprint density at radius 1 is 0.291 bits per heavy atom. The molecule has 8 nitrogen and oxygen atoms in total. The van der Waals surface area contributed by atoms with E-state index in [1.807, 2.05) is 6.07 Å². The van der Waals surface area contributed by atoms with Crippen LogP contribution in [0.4, 0.5) is 0 Å². The Hall–Kier alpha value is -4.33. The van der Waals surface area contributed by atoms with Gasteiger partial charge in [0.15, 0.2) is 23.0 Å². The van der Waals surface area contributed by atoms with Crippen LogP contribution in [-0.2, 0) is 4.74 Å². The van der Waals surface area contributed by atoms with Gasteiger partial charge >= 0.3 is 5.97 Å². The van der Waals surface area contributed by atoms with Gasteiger partial charge < -0.3 is 23.7 Å². The number of carbonyl (C=O) groups is 1. The van der Waals surface area contributed by atoms with Crippen LogP contribution in [0.2, 0.25) is 0 Å². The van der Waals surface area contributed by atoms with Gasteiger partial charge in [0.25, 0.3) is 0 Å². The minimum atomic E-state index is -0.397. The van der Waals surface area contributed by atoms with Gasteiger partial charge in [0.05, 0.1) is 61.2 Å². The van der Waals surface area contributed by atoms with Crippen LogP contribution in [0.15, 0.2) is 42.5 Å². The van der Waals surface area contributed by atoms with E-state index in [4.69, 9.17) is 33.7 Å². The highest BCUT2D eigenvalue weighted by Gasteiger charge is 2.21. The standard InChI is InChI=1S/C78H126N2O6/c1-6-10-14-18-22-26-30-34-38-42-46-50-56-83-72-61-66-67-62-73(84-57-51-47-43-39-35-31-27-23-19-15-11-7-2)75(86-59-53-49-45-41-37-33-29-25-21-17-13-9-4)64-69(67)77-76(79-70-55-54-65(78(81)82-5)60-71(70)80-77)68(66)63-74(72)85-58-52-48-44-40-36-32-28-24-20-16-12-8-3/h54-55,60-64H,6-53,56-59H2,1-5H3. The van der Waals surface area contributed by atoms with Crippen LogP contribution in [-0.4, -0.2) is 49.5 Å². The lowest BCUT2D eigenvalue weighted by atomic mass is 9.97. The number of nitrogens with zero attached hydrogens (tertiary/aromatic N) is 2. The number of fused-ring (bicyclic) bond motifs is 7. The molecule has 0 N–H and O–H groups in total. The third kappa shape index (κ3) is 28.9. The number of rotatable bonds is 57. The lowest BCUT2D eigenvalue weighted by Gasteiger charge is -2.19. The SMILES string of the molecule is CCCCCCCCCCCCCCOc1cc2c3cc(OCCCCCCCCCCCCCC)c(OCCCCCCCCCCCCCC)cc3c3nc4cc(C(=O)OC)ccc4nc3c2cc1OCCCCCCCCCCCCCC. The summed E-state index contributed by atoms with van der Waals surface area (Å²) < 4.78 is 32.5. The summed E-state index contributed by atoms with van der Waals surface area (Å²) in [5, 5.41) is 3.93. The molecule has 0 saturated carbocycles. The molecule has 0 spiro atoms. The number of carbonyl (C=O) groups excluding carboxylic acids is 1. The fourth-order valence-corrected chi connectivity index (χ4v) is 12.6. The largest absolute Gasteiger partial charge is 0.490 e. The number of aromatic nitrogens is 2. The van der Waals surface area contributed by atoms with Gasteiger partial charge in [-0.2, -0.15) is 0 Å². The van der Waals surface area contributed by atoms with E-state index in [0.717, 1.165) is 107 Å². The van der Waals surface area contributed by atoms with Crippen LogP contribution in [0.5, 0.6) is 23.0 Å².